The minimum atomic E-state index is -1.03. The molecule has 0 aromatic carbocycles. The number of hydrogen-bond donors (Lipinski definition) is 1. The normalized spacial score (nSPS) is 13.2. The highest BCUT2D eigenvalue weighted by Gasteiger charge is 2.26. The molecule has 0 aromatic heterocycles. The summed E-state index contributed by atoms with van der Waals surface area (Å²) in [5.41, 5.74) is 0. The van der Waals surface area contributed by atoms with E-state index >= 15 is 0 Å². The molecule has 6 nitrogen and oxygen atoms in total. The monoisotopic (exact) mass is 269 g/mol. The third kappa shape index (κ3) is 5.60. The van der Waals surface area contributed by atoms with Crippen molar-refractivity contribution in [2.45, 2.75) is 40.2 Å². The molecule has 0 heterocycles. The van der Waals surface area contributed by atoms with Crippen molar-refractivity contribution in [2.75, 3.05) is 19.6 Å². The molecule has 19 heavy (non-hydrogen) atoms. The van der Waals surface area contributed by atoms with Crippen LogP contribution in [0.15, 0.2) is 0 Å². The first kappa shape index (κ1) is 17.2. The third-order valence-corrected chi connectivity index (χ3v) is 3.04. The Kier molecular flexibility index (Phi) is 7.57. The smallest absolute Gasteiger partial charge is 0.323 e. The zero-order valence-corrected chi connectivity index (χ0v) is 12.1. The number of carboxylic acid groups (broad SMARTS) is 1. The molecule has 0 aromatic rings. The molecular formula is C13H23N3O3. The number of carbonyl (C=O) groups is 2. The second-order valence-corrected chi connectivity index (χ2v) is 4.63. The summed E-state index contributed by atoms with van der Waals surface area (Å²) in [6.07, 6.45) is 0.685. The Hall–Kier alpha value is -1.77. The van der Waals surface area contributed by atoms with Crippen LogP contribution in [0.5, 0.6) is 0 Å². The van der Waals surface area contributed by atoms with Crippen molar-refractivity contribution in [3.8, 4) is 6.07 Å². The molecule has 0 aliphatic rings. The number of aliphatic carboxylic acids is 1. The van der Waals surface area contributed by atoms with Gasteiger partial charge < -0.3 is 14.9 Å². The molecule has 2 atom stereocenters. The average Bonchev–Trinajstić information content (AvgIpc) is 2.39. The van der Waals surface area contributed by atoms with Crippen LogP contribution in [-0.4, -0.2) is 52.6 Å². The van der Waals surface area contributed by atoms with Gasteiger partial charge in [-0.15, -0.1) is 0 Å². The maximum absolute atomic E-state index is 12.3. The van der Waals surface area contributed by atoms with Gasteiger partial charge in [-0.2, -0.15) is 5.26 Å². The highest BCUT2D eigenvalue weighted by molar-refractivity contribution is 5.80. The van der Waals surface area contributed by atoms with E-state index in [4.69, 9.17) is 10.4 Å². The molecule has 0 fully saturated rings. The van der Waals surface area contributed by atoms with E-state index in [1.807, 2.05) is 20.8 Å². The molecule has 108 valence electrons. The van der Waals surface area contributed by atoms with Gasteiger partial charge in [0, 0.05) is 19.1 Å². The van der Waals surface area contributed by atoms with Crippen LogP contribution in [0.3, 0.4) is 0 Å². The van der Waals surface area contributed by atoms with E-state index in [9.17, 15) is 9.59 Å². The van der Waals surface area contributed by atoms with Crippen molar-refractivity contribution in [3.63, 3.8) is 0 Å². The van der Waals surface area contributed by atoms with Gasteiger partial charge in [0.05, 0.1) is 12.0 Å². The van der Waals surface area contributed by atoms with Gasteiger partial charge in [0.2, 0.25) is 0 Å². The second-order valence-electron chi connectivity index (χ2n) is 4.63. The van der Waals surface area contributed by atoms with Crippen LogP contribution in [0.2, 0.25) is 0 Å². The topological polar surface area (TPSA) is 84.6 Å². The summed E-state index contributed by atoms with van der Waals surface area (Å²) >= 11 is 0. The van der Waals surface area contributed by atoms with Crippen LogP contribution in [0.25, 0.3) is 0 Å². The lowest BCUT2D eigenvalue weighted by molar-refractivity contribution is -0.138. The minimum absolute atomic E-state index is 0.143. The molecule has 1 N–H and O–H groups in total. The van der Waals surface area contributed by atoms with Crippen molar-refractivity contribution >= 4 is 12.0 Å². The van der Waals surface area contributed by atoms with Crippen molar-refractivity contribution in [3.05, 3.63) is 0 Å². The molecule has 0 aliphatic carbocycles. The summed E-state index contributed by atoms with van der Waals surface area (Å²) in [5.74, 6) is -1.30. The molecule has 0 bridgehead atoms. The quantitative estimate of drug-likeness (QED) is 0.763. The van der Waals surface area contributed by atoms with Gasteiger partial charge in [-0.25, -0.2) is 4.79 Å². The Bertz CT molecular complexity index is 352. The van der Waals surface area contributed by atoms with Crippen molar-refractivity contribution < 1.29 is 14.7 Å². The Morgan fingerprint density at radius 2 is 1.89 bits per heavy atom. The van der Waals surface area contributed by atoms with Crippen molar-refractivity contribution in [1.82, 2.24) is 9.80 Å². The molecule has 2 amide bonds. The number of carboxylic acids is 1. The van der Waals surface area contributed by atoms with Crippen LogP contribution in [-0.2, 0) is 4.79 Å². The number of rotatable bonds is 7. The third-order valence-electron chi connectivity index (χ3n) is 3.04. The van der Waals surface area contributed by atoms with Gasteiger partial charge in [0.15, 0.2) is 0 Å². The van der Waals surface area contributed by atoms with E-state index in [0.29, 0.717) is 19.5 Å². The molecule has 2 unspecified atom stereocenters. The Balaban J connectivity index is 4.93. The summed E-state index contributed by atoms with van der Waals surface area (Å²) in [6.45, 7) is 7.74. The number of carbonyl (C=O) groups excluding carboxylic acids is 1. The Morgan fingerprint density at radius 3 is 2.26 bits per heavy atom. The number of urea groups is 1. The van der Waals surface area contributed by atoms with Gasteiger partial charge >= 0.3 is 12.0 Å². The lowest BCUT2D eigenvalue weighted by Crippen LogP contribution is -2.50. The van der Waals surface area contributed by atoms with Crippen LogP contribution < -0.4 is 0 Å². The minimum Gasteiger partial charge on any atom is -0.480 e. The predicted octanol–water partition coefficient (Wildman–Crippen LogP) is 1.77. The Morgan fingerprint density at radius 1 is 1.32 bits per heavy atom. The first-order valence-corrected chi connectivity index (χ1v) is 6.54. The van der Waals surface area contributed by atoms with E-state index in [1.54, 1.807) is 6.92 Å². The summed E-state index contributed by atoms with van der Waals surface area (Å²) in [7, 11) is 0. The molecule has 0 radical (unpaired) electrons. The molecule has 0 saturated carbocycles. The van der Waals surface area contributed by atoms with Gasteiger partial charge in [-0.05, 0) is 27.2 Å². The van der Waals surface area contributed by atoms with Crippen LogP contribution in [0, 0.1) is 17.2 Å². The SMILES string of the molecule is CCC(C)N(CC(=O)O)C(=O)N(CC)CC(C)C#N. The molecule has 0 aliphatic heterocycles. The zero-order valence-electron chi connectivity index (χ0n) is 12.1. The first-order valence-electron chi connectivity index (χ1n) is 6.54. The molecule has 0 rings (SSSR count). The average molecular weight is 269 g/mol. The van der Waals surface area contributed by atoms with E-state index < -0.39 is 5.97 Å². The van der Waals surface area contributed by atoms with Gasteiger partial charge in [0.1, 0.15) is 6.54 Å². The molecule has 0 saturated heterocycles. The fourth-order valence-corrected chi connectivity index (χ4v) is 1.67. The molecule has 0 spiro atoms. The van der Waals surface area contributed by atoms with Gasteiger partial charge in [-0.1, -0.05) is 6.92 Å². The number of amides is 2. The summed E-state index contributed by atoms with van der Waals surface area (Å²) in [6, 6.07) is 1.62. The molecular weight excluding hydrogens is 246 g/mol. The largest absolute Gasteiger partial charge is 0.480 e. The standard InChI is InChI=1S/C13H23N3O3/c1-5-11(4)16(9-12(17)18)13(19)15(6-2)8-10(3)7-14/h10-11H,5-6,8-9H2,1-4H3,(H,17,18). The fraction of sp³-hybridized carbons (Fsp3) is 0.769. The second kappa shape index (κ2) is 8.35. The lowest BCUT2D eigenvalue weighted by atomic mass is 10.2. The van der Waals surface area contributed by atoms with E-state index in [-0.39, 0.29) is 24.5 Å². The summed E-state index contributed by atoms with van der Waals surface area (Å²) < 4.78 is 0. The number of hydrogen-bond acceptors (Lipinski definition) is 3. The fourth-order valence-electron chi connectivity index (χ4n) is 1.67. The van der Waals surface area contributed by atoms with Crippen LogP contribution in [0.1, 0.15) is 34.1 Å². The van der Waals surface area contributed by atoms with Crippen LogP contribution in [0.4, 0.5) is 4.79 Å². The van der Waals surface area contributed by atoms with E-state index in [0.717, 1.165) is 0 Å². The highest BCUT2D eigenvalue weighted by atomic mass is 16.4. The number of nitriles is 1. The van der Waals surface area contributed by atoms with E-state index in [2.05, 4.69) is 6.07 Å². The van der Waals surface area contributed by atoms with Gasteiger partial charge in [0.25, 0.3) is 0 Å². The lowest BCUT2D eigenvalue weighted by Gasteiger charge is -2.33. The first-order chi connectivity index (χ1) is 8.87. The Labute approximate surface area is 114 Å². The summed E-state index contributed by atoms with van der Waals surface area (Å²) in [4.78, 5) is 26.1. The zero-order chi connectivity index (χ0) is 15.0. The summed E-state index contributed by atoms with van der Waals surface area (Å²) in [5, 5.41) is 17.7. The van der Waals surface area contributed by atoms with Gasteiger partial charge in [-0.3, -0.25) is 4.79 Å². The predicted molar refractivity (Wildman–Crippen MR) is 71.5 cm³/mol. The highest BCUT2D eigenvalue weighted by Crippen LogP contribution is 2.10. The van der Waals surface area contributed by atoms with E-state index in [1.165, 1.54) is 9.80 Å². The van der Waals surface area contributed by atoms with Crippen molar-refractivity contribution in [2.24, 2.45) is 5.92 Å². The number of nitrogens with zero attached hydrogens (tertiary/aromatic N) is 3. The maximum Gasteiger partial charge on any atom is 0.323 e. The maximum atomic E-state index is 12.3. The van der Waals surface area contributed by atoms with Crippen LogP contribution >= 0.6 is 0 Å². The van der Waals surface area contributed by atoms with Crippen molar-refractivity contribution in [1.29, 1.82) is 5.26 Å². The molecule has 6 heteroatoms.